The van der Waals surface area contributed by atoms with Crippen molar-refractivity contribution in [3.8, 4) is 22.5 Å². The Morgan fingerprint density at radius 2 is 0.597 bits per heavy atom. The zero-order valence-electron chi connectivity index (χ0n) is 35.4. The number of rotatable bonds is 6. The largest absolute Gasteiger partial charge is 2.00 e. The van der Waals surface area contributed by atoms with Crippen molar-refractivity contribution in [3.63, 3.8) is 0 Å². The van der Waals surface area contributed by atoms with Crippen LogP contribution >= 0.6 is 0 Å². The molecule has 0 amide bonds. The molecule has 12 rings (SSSR count). The third kappa shape index (κ3) is 8.26. The third-order valence-electron chi connectivity index (χ3n) is 11.5. The van der Waals surface area contributed by atoms with Crippen LogP contribution in [-0.2, 0) is 19.5 Å². The van der Waals surface area contributed by atoms with Crippen LogP contribution in [0, 0.1) is 23.3 Å². The molecule has 2 aliphatic rings. The summed E-state index contributed by atoms with van der Waals surface area (Å²) in [5.74, 6) is 1.05. The number of aromatic nitrogens is 2. The van der Waals surface area contributed by atoms with Crippen LogP contribution in [0.2, 0.25) is 0 Å². The van der Waals surface area contributed by atoms with Crippen LogP contribution in [0.3, 0.4) is 0 Å². The van der Waals surface area contributed by atoms with Crippen molar-refractivity contribution in [1.29, 1.82) is 0 Å². The van der Waals surface area contributed by atoms with Gasteiger partial charge in [-0.15, -0.1) is 0 Å². The number of amidine groups is 2. The quantitative estimate of drug-likeness (QED) is 0.123. The van der Waals surface area contributed by atoms with Crippen LogP contribution in [0.5, 0.6) is 0 Å². The molecule has 6 nitrogen and oxygen atoms in total. The summed E-state index contributed by atoms with van der Waals surface area (Å²) < 4.78 is 53.8. The SMILES string of the molecule is Fc1ccc(C2=N/C(=N\c3[n-]c(-c4ccc(F)cc4)c4ccccc34)c3ccccc32)cc1.Fc1ccc(C2=N/C(=N\c3[n-]c(-c4ccc(F)cc4)c4ccccc34)c3ccccc32)cc1.[Zn+2]. The maximum Gasteiger partial charge on any atom is 2.00 e. The second-order valence-electron chi connectivity index (χ2n) is 15.6. The molecule has 316 valence electrons. The number of fused-ring (bicyclic) bond motifs is 4. The molecule has 10 aromatic rings. The molecule has 0 N–H and O–H groups in total. The molecular formula is C56H32F4N6Zn. The molecule has 0 saturated heterocycles. The van der Waals surface area contributed by atoms with Crippen LogP contribution in [0.1, 0.15) is 33.4 Å². The number of benzene rings is 8. The maximum absolute atomic E-state index is 13.5. The van der Waals surface area contributed by atoms with E-state index in [1.165, 1.54) is 48.5 Å². The Morgan fingerprint density at radius 3 is 0.940 bits per heavy atom. The number of halogens is 4. The first-order valence-corrected chi connectivity index (χ1v) is 21.0. The summed E-state index contributed by atoms with van der Waals surface area (Å²) in [5.41, 5.74) is 9.95. The Bertz CT molecular complexity index is 3370. The van der Waals surface area contributed by atoms with E-state index in [1.54, 1.807) is 48.5 Å². The van der Waals surface area contributed by atoms with Gasteiger partial charge in [0.2, 0.25) is 0 Å². The molecule has 0 fully saturated rings. The zero-order chi connectivity index (χ0) is 44.7. The molecule has 0 bridgehead atoms. The Labute approximate surface area is 394 Å². The van der Waals surface area contributed by atoms with Gasteiger partial charge in [0.1, 0.15) is 23.3 Å². The number of nitrogens with zero attached hydrogens (tertiary/aromatic N) is 6. The molecular weight excluding hydrogens is 898 g/mol. The van der Waals surface area contributed by atoms with Gasteiger partial charge < -0.3 is 20.0 Å². The number of hydrogen-bond donors (Lipinski definition) is 0. The van der Waals surface area contributed by atoms with Gasteiger partial charge in [-0.2, -0.15) is 0 Å². The first kappa shape index (κ1) is 42.8. The first-order valence-electron chi connectivity index (χ1n) is 21.0. The van der Waals surface area contributed by atoms with Gasteiger partial charge in [-0.1, -0.05) is 121 Å². The molecule has 67 heavy (non-hydrogen) atoms. The van der Waals surface area contributed by atoms with E-state index in [0.29, 0.717) is 23.3 Å². The number of hydrogen-bond acceptors (Lipinski definition) is 2. The summed E-state index contributed by atoms with van der Waals surface area (Å²) >= 11 is 0. The van der Waals surface area contributed by atoms with Crippen molar-refractivity contribution in [3.05, 3.63) is 251 Å². The van der Waals surface area contributed by atoms with Crippen LogP contribution < -0.4 is 9.97 Å². The van der Waals surface area contributed by atoms with Crippen molar-refractivity contribution in [2.45, 2.75) is 0 Å². The van der Waals surface area contributed by atoms with Crippen molar-refractivity contribution < 1.29 is 37.0 Å². The van der Waals surface area contributed by atoms with E-state index in [0.717, 1.165) is 88.9 Å². The molecule has 0 unspecified atom stereocenters. The standard InChI is InChI=1S/2C28H16F2N3.Zn/c2*29-19-13-9-17(10-14-19)25-21-5-1-3-7-23(21)27(31-25)33-28-24-8-4-2-6-22(24)26(32-28)18-11-15-20(30)16-12-18;/h2*1-16H;/q2*-1;+2/b2*33-27-;. The molecule has 4 heterocycles. The molecule has 2 aromatic heterocycles. The van der Waals surface area contributed by atoms with Gasteiger partial charge in [0.25, 0.3) is 0 Å². The smallest absolute Gasteiger partial charge is 0.435 e. The fourth-order valence-corrected chi connectivity index (χ4v) is 8.30. The van der Waals surface area contributed by atoms with E-state index < -0.39 is 0 Å². The monoisotopic (exact) mass is 928 g/mol. The molecule has 0 atom stereocenters. The summed E-state index contributed by atoms with van der Waals surface area (Å²) in [5, 5.41) is 3.68. The van der Waals surface area contributed by atoms with Gasteiger partial charge >= 0.3 is 19.5 Å². The van der Waals surface area contributed by atoms with Crippen LogP contribution in [0.25, 0.3) is 44.1 Å². The van der Waals surface area contributed by atoms with E-state index in [4.69, 9.17) is 29.9 Å². The molecule has 8 aromatic carbocycles. The molecule has 2 aliphatic heterocycles. The van der Waals surface area contributed by atoms with Crippen LogP contribution in [0.15, 0.2) is 214 Å². The molecule has 0 aliphatic carbocycles. The predicted molar refractivity (Wildman–Crippen MR) is 255 cm³/mol. The Kier molecular flexibility index (Phi) is 11.5. The molecule has 0 saturated carbocycles. The molecule has 0 spiro atoms. The Balaban J connectivity index is 0.000000154. The maximum atomic E-state index is 13.5. The normalized spacial score (nSPS) is 13.8. The van der Waals surface area contributed by atoms with E-state index in [2.05, 4.69) is 0 Å². The first-order chi connectivity index (χ1) is 32.3. The minimum Gasteiger partial charge on any atom is -0.435 e. The van der Waals surface area contributed by atoms with Gasteiger partial charge in [-0.25, -0.2) is 17.6 Å². The van der Waals surface area contributed by atoms with Crippen molar-refractivity contribution in [2.75, 3.05) is 0 Å². The minimum atomic E-state index is -0.291. The second-order valence-corrected chi connectivity index (χ2v) is 15.6. The van der Waals surface area contributed by atoms with Gasteiger partial charge in [0.05, 0.1) is 23.1 Å². The fourth-order valence-electron chi connectivity index (χ4n) is 8.30. The topological polar surface area (TPSA) is 77.6 Å². The van der Waals surface area contributed by atoms with Gasteiger partial charge in [-0.05, 0) is 128 Å². The third-order valence-corrected chi connectivity index (χ3v) is 11.5. The summed E-state index contributed by atoms with van der Waals surface area (Å²) in [7, 11) is 0. The predicted octanol–water partition coefficient (Wildman–Crippen LogP) is 13.3. The van der Waals surface area contributed by atoms with E-state index >= 15 is 0 Å². The van der Waals surface area contributed by atoms with E-state index in [-0.39, 0.29) is 42.7 Å². The van der Waals surface area contributed by atoms with Crippen LogP contribution in [0.4, 0.5) is 29.2 Å². The summed E-state index contributed by atoms with van der Waals surface area (Å²) in [6.07, 6.45) is 0. The Hall–Kier alpha value is -8.14. The van der Waals surface area contributed by atoms with Crippen molar-refractivity contribution >= 4 is 56.3 Å². The average Bonchev–Trinajstić information content (AvgIpc) is 4.12. The van der Waals surface area contributed by atoms with Gasteiger partial charge in [0.15, 0.2) is 0 Å². The van der Waals surface area contributed by atoms with Crippen molar-refractivity contribution in [1.82, 2.24) is 9.97 Å². The minimum absolute atomic E-state index is 0. The Morgan fingerprint density at radius 1 is 0.313 bits per heavy atom. The summed E-state index contributed by atoms with van der Waals surface area (Å²) in [4.78, 5) is 28.9. The van der Waals surface area contributed by atoms with E-state index in [1.807, 2.05) is 97.1 Å². The van der Waals surface area contributed by atoms with Crippen molar-refractivity contribution in [2.24, 2.45) is 20.0 Å². The number of aliphatic imine (C=N–C) groups is 4. The molecule has 0 radical (unpaired) electrons. The zero-order valence-corrected chi connectivity index (χ0v) is 38.3. The second kappa shape index (κ2) is 18.0. The summed E-state index contributed by atoms with van der Waals surface area (Å²) in [6.45, 7) is 0. The summed E-state index contributed by atoms with van der Waals surface area (Å²) in [6, 6.07) is 56.6. The van der Waals surface area contributed by atoms with Crippen LogP contribution in [-0.4, -0.2) is 23.1 Å². The van der Waals surface area contributed by atoms with Gasteiger partial charge in [-0.3, -0.25) is 9.98 Å². The fraction of sp³-hybridized carbons (Fsp3) is 0. The van der Waals surface area contributed by atoms with Gasteiger partial charge in [0, 0.05) is 33.4 Å². The van der Waals surface area contributed by atoms with E-state index in [9.17, 15) is 17.6 Å². The molecule has 11 heteroatoms. The average molecular weight is 930 g/mol.